The summed E-state index contributed by atoms with van der Waals surface area (Å²) in [6, 6.07) is 0. The molecule has 0 radical (unpaired) electrons. The number of carbonyl (C=O) groups is 2. The van der Waals surface area contributed by atoms with Crippen molar-refractivity contribution in [3.05, 3.63) is 59.8 Å². The maximum absolute atomic E-state index is 13.7. The van der Waals surface area contributed by atoms with Crippen molar-refractivity contribution >= 4 is 17.9 Å². The number of aliphatic hydroxyl groups excluding tert-OH is 9. The topological polar surface area (TPSA) is 315 Å². The number of hydrogen-bond donors (Lipinski definition) is 12. The molecular weight excluding hydrogens is 1050 g/mol. The minimum atomic E-state index is -2.43. The van der Waals surface area contributed by atoms with Crippen LogP contribution in [0.15, 0.2) is 64.7 Å². The summed E-state index contributed by atoms with van der Waals surface area (Å²) in [6.45, 7) is 17.6. The number of cyclic esters (lactones) is 1. The highest BCUT2D eigenvalue weighted by molar-refractivity contribution is 5.88. The highest BCUT2D eigenvalue weighted by Gasteiger charge is 2.50. The van der Waals surface area contributed by atoms with Gasteiger partial charge in [-0.1, -0.05) is 129 Å². The fourth-order valence-corrected chi connectivity index (χ4v) is 10.7. The quantitative estimate of drug-likeness (QED) is 0.0211. The third-order valence-electron chi connectivity index (χ3n) is 16.6. The molecule has 13 N–H and O–H groups in total. The van der Waals surface area contributed by atoms with E-state index in [1.165, 1.54) is 0 Å². The summed E-state index contributed by atoms with van der Waals surface area (Å²) in [5, 5.41) is 116. The number of esters is 2. The Morgan fingerprint density at radius 3 is 2.06 bits per heavy atom. The molecule has 18 atom stereocenters. The summed E-state index contributed by atoms with van der Waals surface area (Å²) < 4.78 is 18.2. The number of rotatable bonds is 18. The summed E-state index contributed by atoms with van der Waals surface area (Å²) in [5.74, 6) is -4.37. The largest absolute Gasteiger partial charge is 0.462 e. The van der Waals surface area contributed by atoms with Gasteiger partial charge in [-0.05, 0) is 95.0 Å². The molecule has 2 aliphatic heterocycles. The molecule has 2 heterocycles. The Labute approximate surface area is 492 Å². The standard InChI is InChI=1S/C64H113N3O15/c1-41(2)24-18-14-13-16-20-30-59(76)80-51-35-49(68)34-50(69)36-54(71)42(3)26-22-28-46(7)60(45(6)25-19-15-11-12-17-21-33-67-63(65)66-10)81-62(78)47(8)29-23-27-43(4)55(72)39-56(73)48(9)53(70)32-31-44(5)58(75)40-64(79)61(77)57(74)38-52(37-51)82-64/h11-12,22-23,26-29,41,43-46,48-58,60-61,68-75,77,79H,13-21,24-25,30-40H2,1-10H3,(H3,65,66,67). The molecule has 0 aromatic rings. The molecule has 18 unspecified atom stereocenters. The van der Waals surface area contributed by atoms with Crippen molar-refractivity contribution in [1.82, 2.24) is 5.32 Å². The Morgan fingerprint density at radius 1 is 0.744 bits per heavy atom. The number of allylic oxidation sites excluding steroid dienone is 6. The van der Waals surface area contributed by atoms with Gasteiger partial charge in [-0.2, -0.15) is 0 Å². The third-order valence-corrected chi connectivity index (χ3v) is 16.6. The van der Waals surface area contributed by atoms with E-state index in [2.05, 4.69) is 43.2 Å². The maximum Gasteiger partial charge on any atom is 0.334 e. The number of aliphatic hydroxyl groups is 10. The van der Waals surface area contributed by atoms with E-state index in [0.29, 0.717) is 29.4 Å². The van der Waals surface area contributed by atoms with Gasteiger partial charge in [0.1, 0.15) is 18.3 Å². The first-order chi connectivity index (χ1) is 38.7. The molecule has 18 nitrogen and oxygen atoms in total. The van der Waals surface area contributed by atoms with Gasteiger partial charge >= 0.3 is 11.9 Å². The molecule has 0 saturated carbocycles. The number of unbranched alkanes of at least 4 members (excludes halogenated alkanes) is 6. The van der Waals surface area contributed by atoms with Gasteiger partial charge in [0.15, 0.2) is 11.7 Å². The molecule has 1 fully saturated rings. The first-order valence-corrected chi connectivity index (χ1v) is 30.9. The minimum Gasteiger partial charge on any atom is -0.462 e. The Balaban J connectivity index is 2.43. The number of ether oxygens (including phenoxy) is 3. The van der Waals surface area contributed by atoms with Gasteiger partial charge in [-0.15, -0.1) is 0 Å². The van der Waals surface area contributed by atoms with E-state index < -0.39 is 115 Å². The lowest BCUT2D eigenvalue weighted by atomic mass is 9.84. The summed E-state index contributed by atoms with van der Waals surface area (Å²) >= 11 is 0. The van der Waals surface area contributed by atoms with Crippen molar-refractivity contribution < 1.29 is 74.9 Å². The van der Waals surface area contributed by atoms with Gasteiger partial charge in [-0.3, -0.25) is 9.79 Å². The van der Waals surface area contributed by atoms with Crippen LogP contribution < -0.4 is 11.1 Å². The molecule has 0 amide bonds. The molecule has 2 rings (SSSR count). The first kappa shape index (κ1) is 74.6. The molecule has 82 heavy (non-hydrogen) atoms. The van der Waals surface area contributed by atoms with Crippen molar-refractivity contribution in [2.75, 3.05) is 13.6 Å². The fraction of sp³-hybridized carbons (Fsp3) is 0.797. The predicted molar refractivity (Wildman–Crippen MR) is 322 cm³/mol. The van der Waals surface area contributed by atoms with Crippen LogP contribution in [0.2, 0.25) is 0 Å². The van der Waals surface area contributed by atoms with E-state index in [9.17, 15) is 60.7 Å². The van der Waals surface area contributed by atoms with Gasteiger partial charge in [0.2, 0.25) is 0 Å². The van der Waals surface area contributed by atoms with Crippen LogP contribution in [0.3, 0.4) is 0 Å². The van der Waals surface area contributed by atoms with Crippen LogP contribution >= 0.6 is 0 Å². The van der Waals surface area contributed by atoms with Crippen LogP contribution in [-0.2, 0) is 23.8 Å². The van der Waals surface area contributed by atoms with Crippen LogP contribution in [0.1, 0.15) is 197 Å². The molecule has 2 bridgehead atoms. The summed E-state index contributed by atoms with van der Waals surface area (Å²) in [5.41, 5.74) is 6.60. The molecule has 0 aliphatic carbocycles. The van der Waals surface area contributed by atoms with Crippen LogP contribution in [0.4, 0.5) is 0 Å². The Bertz CT molecular complexity index is 1980. The number of nitrogens with two attached hydrogens (primary N) is 1. The van der Waals surface area contributed by atoms with E-state index >= 15 is 0 Å². The molecule has 18 heteroatoms. The normalized spacial score (nSPS) is 34.2. The van der Waals surface area contributed by atoms with Gasteiger partial charge in [0.25, 0.3) is 0 Å². The lowest BCUT2D eigenvalue weighted by Gasteiger charge is -2.45. The van der Waals surface area contributed by atoms with Crippen molar-refractivity contribution in [1.29, 1.82) is 0 Å². The highest BCUT2D eigenvalue weighted by Crippen LogP contribution is 2.36. The van der Waals surface area contributed by atoms with Crippen molar-refractivity contribution in [2.45, 2.75) is 276 Å². The molecule has 0 spiro atoms. The van der Waals surface area contributed by atoms with E-state index in [-0.39, 0.29) is 69.6 Å². The summed E-state index contributed by atoms with van der Waals surface area (Å²) in [4.78, 5) is 30.9. The Hall–Kier alpha value is -3.53. The zero-order valence-electron chi connectivity index (χ0n) is 51.6. The number of aliphatic imine (C=N–C) groups is 1. The number of guanidine groups is 1. The minimum absolute atomic E-state index is 0.0392. The van der Waals surface area contributed by atoms with Crippen molar-refractivity contribution in [3.63, 3.8) is 0 Å². The lowest BCUT2D eigenvalue weighted by molar-refractivity contribution is -0.333. The number of nitrogens with zero attached hydrogens (tertiary/aromatic N) is 1. The Morgan fingerprint density at radius 2 is 1.38 bits per heavy atom. The lowest BCUT2D eigenvalue weighted by Crippen LogP contribution is -2.60. The van der Waals surface area contributed by atoms with Gasteiger partial charge in [-0.25, -0.2) is 4.79 Å². The van der Waals surface area contributed by atoms with Crippen LogP contribution in [-0.4, -0.2) is 162 Å². The van der Waals surface area contributed by atoms with Crippen molar-refractivity contribution in [3.8, 4) is 0 Å². The Kier molecular flexibility index (Phi) is 36.3. The molecule has 0 aromatic heterocycles. The van der Waals surface area contributed by atoms with Gasteiger partial charge in [0.05, 0.1) is 54.9 Å². The molecular formula is C64H113N3O15. The molecule has 0 aromatic carbocycles. The highest BCUT2D eigenvalue weighted by atomic mass is 16.7. The van der Waals surface area contributed by atoms with Gasteiger partial charge in [0, 0.05) is 81.9 Å². The number of nitrogens with one attached hydrogen (secondary N) is 1. The van der Waals surface area contributed by atoms with Gasteiger partial charge < -0.3 is 76.3 Å². The van der Waals surface area contributed by atoms with Crippen LogP contribution in [0.25, 0.3) is 0 Å². The van der Waals surface area contributed by atoms with E-state index in [4.69, 9.17) is 19.9 Å². The van der Waals surface area contributed by atoms with Crippen LogP contribution in [0, 0.1) is 35.5 Å². The zero-order valence-corrected chi connectivity index (χ0v) is 51.6. The molecule has 2 aliphatic rings. The monoisotopic (exact) mass is 1160 g/mol. The average Bonchev–Trinajstić information content (AvgIpc) is 3.42. The second-order valence-electron chi connectivity index (χ2n) is 24.7. The number of hydrogen-bond acceptors (Lipinski definition) is 16. The van der Waals surface area contributed by atoms with E-state index in [1.54, 1.807) is 72.0 Å². The summed E-state index contributed by atoms with van der Waals surface area (Å²) in [6.07, 6.45) is 10.3. The third kappa shape index (κ3) is 29.5. The maximum atomic E-state index is 13.7. The molecule has 474 valence electrons. The number of carbonyl (C=O) groups excluding carboxylic acids is 2. The average molecular weight is 1160 g/mol. The zero-order chi connectivity index (χ0) is 61.5. The fourth-order valence-electron chi connectivity index (χ4n) is 10.7. The summed E-state index contributed by atoms with van der Waals surface area (Å²) in [7, 11) is 1.64. The van der Waals surface area contributed by atoms with E-state index in [1.807, 2.05) is 13.0 Å². The number of fused-ring (bicyclic) bond motifs is 2. The smallest absolute Gasteiger partial charge is 0.334 e. The SMILES string of the molecule is CN=C(N)NCCCC=CCCCC(C)C1OC(=O)C(C)=CC=CC(C)C(O)CC(O)C(C)C(O)CCC(C)C(O)CC2(O)OC(CC(OC(=O)CCCCCCCC(C)C)CC(O)CC(O)CC(O)C(C)=CC=CC1C)CC(O)C2O. The first-order valence-electron chi connectivity index (χ1n) is 30.9. The van der Waals surface area contributed by atoms with Crippen LogP contribution in [0.5, 0.6) is 0 Å². The molecule has 1 saturated heterocycles. The van der Waals surface area contributed by atoms with E-state index in [0.717, 1.165) is 70.8 Å². The predicted octanol–water partition coefficient (Wildman–Crippen LogP) is 7.28. The second kappa shape index (κ2) is 40.0. The van der Waals surface area contributed by atoms with Crippen molar-refractivity contribution in [2.24, 2.45) is 46.2 Å². The second-order valence-corrected chi connectivity index (χ2v) is 24.7.